The van der Waals surface area contributed by atoms with Gasteiger partial charge in [-0.25, -0.2) is 9.18 Å². The van der Waals surface area contributed by atoms with Gasteiger partial charge in [0.1, 0.15) is 11.6 Å². The minimum atomic E-state index is -0.519. The number of rotatable bonds is 5. The number of carbonyl (C=O) groups excluding carboxylic acids is 2. The maximum Gasteiger partial charge on any atom is 0.341 e. The Bertz CT molecular complexity index is 1520. The van der Waals surface area contributed by atoms with Gasteiger partial charge in [0.2, 0.25) is 0 Å². The number of hydrogen-bond acceptors (Lipinski definition) is 4. The molecule has 0 saturated carbocycles. The van der Waals surface area contributed by atoms with Gasteiger partial charge in [-0.1, -0.05) is 31.2 Å². The highest BCUT2D eigenvalue weighted by molar-refractivity contribution is 6.18. The smallest absolute Gasteiger partial charge is 0.341 e. The first-order valence-electron chi connectivity index (χ1n) is 12.2. The molecule has 1 aliphatic rings. The fraction of sp³-hybridized carbons (Fsp3) is 0.200. The molecule has 188 valence electrons. The van der Waals surface area contributed by atoms with Crippen molar-refractivity contribution in [3.05, 3.63) is 95.6 Å². The van der Waals surface area contributed by atoms with E-state index in [-0.39, 0.29) is 24.0 Å². The number of fused-ring (bicyclic) bond motifs is 3. The third-order valence-corrected chi connectivity index (χ3v) is 6.61. The number of ether oxygens (including phenoxy) is 2. The van der Waals surface area contributed by atoms with Crippen LogP contribution in [0.15, 0.2) is 72.9 Å². The lowest BCUT2D eigenvalue weighted by atomic mass is 9.94. The summed E-state index contributed by atoms with van der Waals surface area (Å²) in [5.74, 6) is -0.582. The average molecular weight is 499 g/mol. The lowest BCUT2D eigenvalue weighted by Crippen LogP contribution is -2.29. The Morgan fingerprint density at radius 3 is 2.54 bits per heavy atom. The van der Waals surface area contributed by atoms with Crippen LogP contribution >= 0.6 is 0 Å². The number of aromatic nitrogens is 1. The van der Waals surface area contributed by atoms with Gasteiger partial charge in [0.25, 0.3) is 5.91 Å². The van der Waals surface area contributed by atoms with E-state index in [4.69, 9.17) is 9.47 Å². The van der Waals surface area contributed by atoms with Crippen LogP contribution in [0, 0.1) is 5.82 Å². The molecule has 1 aliphatic heterocycles. The normalized spacial score (nSPS) is 15.1. The van der Waals surface area contributed by atoms with E-state index in [1.54, 1.807) is 20.2 Å². The largest absolute Gasteiger partial charge is 0.497 e. The van der Waals surface area contributed by atoms with Crippen LogP contribution in [0.25, 0.3) is 27.6 Å². The van der Waals surface area contributed by atoms with Gasteiger partial charge in [0.15, 0.2) is 0 Å². The fourth-order valence-corrected chi connectivity index (χ4v) is 4.85. The molecule has 1 unspecified atom stereocenters. The molecule has 0 bridgehead atoms. The van der Waals surface area contributed by atoms with Gasteiger partial charge in [0, 0.05) is 35.1 Å². The predicted octanol–water partition coefficient (Wildman–Crippen LogP) is 6.15. The quantitative estimate of drug-likeness (QED) is 0.335. The number of nitrogens with one attached hydrogen (secondary N) is 1. The molecular formula is C30H27FN2O4. The van der Waals surface area contributed by atoms with E-state index in [9.17, 15) is 14.0 Å². The molecule has 1 amide bonds. The number of hydrogen-bond donors (Lipinski definition) is 1. The summed E-state index contributed by atoms with van der Waals surface area (Å²) in [6.07, 6.45) is 1.55. The summed E-state index contributed by atoms with van der Waals surface area (Å²) in [6.45, 7) is 4.31. The molecule has 1 aromatic heterocycles. The van der Waals surface area contributed by atoms with Crippen molar-refractivity contribution in [2.45, 2.75) is 19.8 Å². The molecule has 4 aromatic rings. The van der Waals surface area contributed by atoms with Gasteiger partial charge >= 0.3 is 5.97 Å². The van der Waals surface area contributed by atoms with Gasteiger partial charge < -0.3 is 19.4 Å². The summed E-state index contributed by atoms with van der Waals surface area (Å²) < 4.78 is 24.2. The number of aromatic amines is 1. The summed E-state index contributed by atoms with van der Waals surface area (Å²) >= 11 is 0. The van der Waals surface area contributed by atoms with Crippen molar-refractivity contribution in [3.63, 3.8) is 0 Å². The zero-order valence-electron chi connectivity index (χ0n) is 20.9. The van der Waals surface area contributed by atoms with Crippen molar-refractivity contribution in [3.8, 4) is 16.9 Å². The van der Waals surface area contributed by atoms with Crippen molar-refractivity contribution in [1.82, 2.24) is 9.88 Å². The van der Waals surface area contributed by atoms with Crippen molar-refractivity contribution in [2.24, 2.45) is 0 Å². The first kappa shape index (κ1) is 24.3. The second-order valence-electron chi connectivity index (χ2n) is 9.03. The van der Waals surface area contributed by atoms with E-state index < -0.39 is 11.8 Å². The molecule has 6 nitrogen and oxygen atoms in total. The van der Waals surface area contributed by atoms with Crippen LogP contribution in [0.1, 0.15) is 41.4 Å². The van der Waals surface area contributed by atoms with Gasteiger partial charge in [-0.2, -0.15) is 0 Å². The SMILES string of the molecule is CCOC(=O)C1=CN(C(=O)c2ccc(F)cc2)CC(C)c2c1[nH]c1cc(-c3cccc(OC)c3)ccc21. The second-order valence-corrected chi connectivity index (χ2v) is 9.03. The zero-order chi connectivity index (χ0) is 26.1. The number of methoxy groups -OCH3 is 1. The summed E-state index contributed by atoms with van der Waals surface area (Å²) in [4.78, 5) is 31.3. The Kier molecular flexibility index (Phi) is 6.53. The summed E-state index contributed by atoms with van der Waals surface area (Å²) in [5.41, 5.74) is 5.09. The molecule has 2 heterocycles. The van der Waals surface area contributed by atoms with Crippen molar-refractivity contribution < 1.29 is 23.5 Å². The van der Waals surface area contributed by atoms with Crippen LogP contribution in [0.2, 0.25) is 0 Å². The molecular weight excluding hydrogens is 471 g/mol. The van der Waals surface area contributed by atoms with Crippen molar-refractivity contribution >= 4 is 28.4 Å². The van der Waals surface area contributed by atoms with Crippen molar-refractivity contribution in [2.75, 3.05) is 20.3 Å². The van der Waals surface area contributed by atoms with E-state index in [1.807, 2.05) is 43.3 Å². The lowest BCUT2D eigenvalue weighted by molar-refractivity contribution is -0.136. The molecule has 3 aromatic carbocycles. The Labute approximate surface area is 214 Å². The topological polar surface area (TPSA) is 71.6 Å². The summed E-state index contributed by atoms with van der Waals surface area (Å²) in [5, 5.41) is 0.973. The van der Waals surface area contributed by atoms with E-state index in [1.165, 1.54) is 29.2 Å². The van der Waals surface area contributed by atoms with Crippen LogP contribution in [-0.2, 0) is 9.53 Å². The zero-order valence-corrected chi connectivity index (χ0v) is 20.9. The van der Waals surface area contributed by atoms with Gasteiger partial charge in [-0.05, 0) is 66.1 Å². The number of esters is 1. The molecule has 1 atom stereocenters. The van der Waals surface area contributed by atoms with E-state index >= 15 is 0 Å². The molecule has 0 aliphatic carbocycles. The monoisotopic (exact) mass is 498 g/mol. The number of nitrogens with zero attached hydrogens (tertiary/aromatic N) is 1. The van der Waals surface area contributed by atoms with E-state index in [0.717, 1.165) is 33.3 Å². The van der Waals surface area contributed by atoms with E-state index in [2.05, 4.69) is 11.1 Å². The predicted molar refractivity (Wildman–Crippen MR) is 141 cm³/mol. The third kappa shape index (κ3) is 4.60. The van der Waals surface area contributed by atoms with Crippen LogP contribution in [-0.4, -0.2) is 42.0 Å². The van der Waals surface area contributed by atoms with Crippen LogP contribution < -0.4 is 4.74 Å². The summed E-state index contributed by atoms with van der Waals surface area (Å²) in [6, 6.07) is 19.3. The highest BCUT2D eigenvalue weighted by Crippen LogP contribution is 2.39. The number of H-pyrrole nitrogens is 1. The standard InChI is InChI=1S/C30H27FN2O4/c1-4-37-30(35)25-17-33(29(34)19-8-11-22(31)12-9-19)16-18(2)27-24-13-10-21(15-26(24)32-28(25)27)20-6-5-7-23(14-20)36-3/h5-15,17-18,32H,4,16H2,1-3H3. The Morgan fingerprint density at radius 1 is 1.05 bits per heavy atom. The van der Waals surface area contributed by atoms with Gasteiger partial charge in [0.05, 0.1) is 25.0 Å². The average Bonchev–Trinajstić information content (AvgIpc) is 3.22. The van der Waals surface area contributed by atoms with E-state index in [0.29, 0.717) is 17.8 Å². The fourth-order valence-electron chi connectivity index (χ4n) is 4.85. The Morgan fingerprint density at radius 2 is 1.81 bits per heavy atom. The van der Waals surface area contributed by atoms with Gasteiger partial charge in [-0.15, -0.1) is 0 Å². The number of benzene rings is 3. The first-order chi connectivity index (χ1) is 17.9. The third-order valence-electron chi connectivity index (χ3n) is 6.61. The molecule has 5 rings (SSSR count). The molecule has 0 radical (unpaired) electrons. The molecule has 0 fully saturated rings. The second kappa shape index (κ2) is 9.93. The first-order valence-corrected chi connectivity index (χ1v) is 12.2. The maximum atomic E-state index is 13.4. The molecule has 1 N–H and O–H groups in total. The Balaban J connectivity index is 1.61. The molecule has 37 heavy (non-hydrogen) atoms. The minimum Gasteiger partial charge on any atom is -0.497 e. The van der Waals surface area contributed by atoms with Crippen LogP contribution in [0.5, 0.6) is 5.75 Å². The van der Waals surface area contributed by atoms with Crippen LogP contribution in [0.4, 0.5) is 4.39 Å². The Hall–Kier alpha value is -4.39. The molecule has 0 spiro atoms. The van der Waals surface area contributed by atoms with Crippen LogP contribution in [0.3, 0.4) is 0 Å². The maximum absolute atomic E-state index is 13.4. The van der Waals surface area contributed by atoms with Gasteiger partial charge in [-0.3, -0.25) is 4.79 Å². The molecule has 7 heteroatoms. The molecule has 0 saturated heterocycles. The number of halogens is 1. The highest BCUT2D eigenvalue weighted by atomic mass is 19.1. The van der Waals surface area contributed by atoms with Crippen molar-refractivity contribution in [1.29, 1.82) is 0 Å². The number of carbonyl (C=O) groups is 2. The minimum absolute atomic E-state index is 0.0982. The summed E-state index contributed by atoms with van der Waals surface area (Å²) in [7, 11) is 1.64. The number of amides is 1. The lowest BCUT2D eigenvalue weighted by Gasteiger charge is -2.21. The highest BCUT2D eigenvalue weighted by Gasteiger charge is 2.31.